The Bertz CT molecular complexity index is 1070. The molecule has 1 atom stereocenters. The number of allylic oxidation sites excluding steroid dienone is 2. The smallest absolute Gasteiger partial charge is 0.227 e. The molecule has 1 saturated heterocycles. The van der Waals surface area contributed by atoms with Gasteiger partial charge >= 0.3 is 0 Å². The van der Waals surface area contributed by atoms with Crippen molar-refractivity contribution >= 4 is 34.9 Å². The molecule has 2 aromatic carbocycles. The molecular formula is C27H32FN3OS. The van der Waals surface area contributed by atoms with E-state index in [0.717, 1.165) is 66.1 Å². The van der Waals surface area contributed by atoms with Gasteiger partial charge in [0, 0.05) is 44.2 Å². The summed E-state index contributed by atoms with van der Waals surface area (Å²) in [5.74, 6) is -0.658. The lowest BCUT2D eigenvalue weighted by Crippen LogP contribution is -2.46. The quantitative estimate of drug-likeness (QED) is 0.590. The van der Waals surface area contributed by atoms with Gasteiger partial charge in [-0.1, -0.05) is 18.2 Å². The van der Waals surface area contributed by atoms with E-state index < -0.39 is 0 Å². The second-order valence-electron chi connectivity index (χ2n) is 8.66. The fourth-order valence-corrected chi connectivity index (χ4v) is 5.10. The molecule has 6 heteroatoms. The normalized spacial score (nSPS) is 18.5. The molecule has 2 N–H and O–H groups in total. The Morgan fingerprint density at radius 2 is 1.91 bits per heavy atom. The van der Waals surface area contributed by atoms with Crippen molar-refractivity contribution in [3.05, 3.63) is 70.5 Å². The second kappa shape index (κ2) is 10.7. The number of amides is 1. The molecule has 174 valence electrons. The fourth-order valence-electron chi connectivity index (χ4n) is 4.69. The maximum absolute atomic E-state index is 14.2. The Kier molecular flexibility index (Phi) is 7.68. The van der Waals surface area contributed by atoms with Crippen molar-refractivity contribution in [2.45, 2.75) is 18.7 Å². The van der Waals surface area contributed by atoms with Crippen LogP contribution in [0.2, 0.25) is 0 Å². The average molecular weight is 466 g/mol. The predicted octanol–water partition coefficient (Wildman–Crippen LogP) is 4.53. The number of fused-ring (bicyclic) bond motifs is 1. The van der Waals surface area contributed by atoms with E-state index in [1.54, 1.807) is 17.8 Å². The van der Waals surface area contributed by atoms with Crippen LogP contribution in [0.4, 0.5) is 4.39 Å². The van der Waals surface area contributed by atoms with E-state index in [-0.39, 0.29) is 17.6 Å². The Labute approximate surface area is 200 Å². The molecular weight excluding hydrogens is 433 g/mol. The summed E-state index contributed by atoms with van der Waals surface area (Å²) in [5, 5.41) is 6.44. The summed E-state index contributed by atoms with van der Waals surface area (Å²) in [7, 11) is 0. The summed E-state index contributed by atoms with van der Waals surface area (Å²) in [6, 6.07) is 13.3. The first-order chi connectivity index (χ1) is 16.0. The molecule has 1 unspecified atom stereocenters. The summed E-state index contributed by atoms with van der Waals surface area (Å²) < 4.78 is 14.2. The minimum Gasteiger partial charge on any atom is -0.354 e. The summed E-state index contributed by atoms with van der Waals surface area (Å²) in [4.78, 5) is 16.6. The molecule has 2 aliphatic rings. The first-order valence-corrected chi connectivity index (χ1v) is 12.8. The van der Waals surface area contributed by atoms with Gasteiger partial charge in [0.25, 0.3) is 0 Å². The van der Waals surface area contributed by atoms with Crippen LogP contribution in [0.5, 0.6) is 0 Å². The van der Waals surface area contributed by atoms with Crippen LogP contribution in [0, 0.1) is 11.7 Å². The number of halogens is 1. The van der Waals surface area contributed by atoms with Crippen molar-refractivity contribution < 1.29 is 9.18 Å². The molecule has 1 fully saturated rings. The second-order valence-corrected chi connectivity index (χ2v) is 9.54. The van der Waals surface area contributed by atoms with E-state index in [4.69, 9.17) is 0 Å². The van der Waals surface area contributed by atoms with Crippen LogP contribution in [0.15, 0.2) is 52.9 Å². The summed E-state index contributed by atoms with van der Waals surface area (Å²) in [5.41, 5.74) is 5.90. The molecule has 2 aromatic rings. The van der Waals surface area contributed by atoms with Gasteiger partial charge in [0.2, 0.25) is 5.91 Å². The highest BCUT2D eigenvalue weighted by Crippen LogP contribution is 2.45. The number of rotatable bonds is 7. The van der Waals surface area contributed by atoms with E-state index in [2.05, 4.69) is 52.1 Å². The zero-order valence-electron chi connectivity index (χ0n) is 19.6. The number of thioether (sulfide) groups is 1. The van der Waals surface area contributed by atoms with Gasteiger partial charge in [-0.15, -0.1) is 11.8 Å². The maximum atomic E-state index is 14.2. The Balaban J connectivity index is 1.56. The zero-order chi connectivity index (χ0) is 23.4. The van der Waals surface area contributed by atoms with E-state index >= 15 is 0 Å². The largest absolute Gasteiger partial charge is 0.354 e. The Hall–Kier alpha value is -2.41. The van der Waals surface area contributed by atoms with Gasteiger partial charge in [0.1, 0.15) is 5.82 Å². The molecule has 1 amide bonds. The molecule has 0 aromatic heterocycles. The molecule has 1 heterocycles. The molecule has 1 aliphatic carbocycles. The van der Waals surface area contributed by atoms with Crippen molar-refractivity contribution in [3.8, 4) is 0 Å². The first kappa shape index (κ1) is 23.7. The van der Waals surface area contributed by atoms with Gasteiger partial charge in [0.05, 0.1) is 5.92 Å². The monoisotopic (exact) mass is 465 g/mol. The standard InChI is InChI=1S/C27H32FN3OS/c1-18-24(16-20-4-7-22(33-3)8-5-20)23-9-6-21(28)17-25(23)26(18)19(2)27(32)30-12-15-31-13-10-29-11-14-31/h4-9,16-17,19,29H,10-15H2,1-3H3,(H,30,32)/b24-16-. The Morgan fingerprint density at radius 3 is 2.61 bits per heavy atom. The van der Waals surface area contributed by atoms with E-state index in [9.17, 15) is 9.18 Å². The van der Waals surface area contributed by atoms with Crippen molar-refractivity contribution in [1.29, 1.82) is 0 Å². The lowest BCUT2D eigenvalue weighted by Gasteiger charge is -2.27. The lowest BCUT2D eigenvalue weighted by molar-refractivity contribution is -0.122. The van der Waals surface area contributed by atoms with Gasteiger partial charge < -0.3 is 10.6 Å². The third-order valence-corrected chi connectivity index (χ3v) is 7.30. The van der Waals surface area contributed by atoms with Crippen LogP contribution in [0.3, 0.4) is 0 Å². The summed E-state index contributed by atoms with van der Waals surface area (Å²) in [6.07, 6.45) is 4.20. The van der Waals surface area contributed by atoms with Gasteiger partial charge in [-0.25, -0.2) is 4.39 Å². The van der Waals surface area contributed by atoms with E-state index in [1.807, 2.05) is 19.9 Å². The van der Waals surface area contributed by atoms with Crippen LogP contribution in [-0.2, 0) is 4.79 Å². The van der Waals surface area contributed by atoms with Crippen molar-refractivity contribution in [2.75, 3.05) is 45.5 Å². The van der Waals surface area contributed by atoms with Crippen LogP contribution in [0.1, 0.15) is 30.5 Å². The van der Waals surface area contributed by atoms with Crippen LogP contribution >= 0.6 is 11.8 Å². The molecule has 0 spiro atoms. The number of piperazine rings is 1. The molecule has 1 aliphatic heterocycles. The molecule has 0 saturated carbocycles. The molecule has 4 rings (SSSR count). The third kappa shape index (κ3) is 5.40. The molecule has 0 radical (unpaired) electrons. The number of carbonyl (C=O) groups is 1. The highest BCUT2D eigenvalue weighted by molar-refractivity contribution is 7.98. The van der Waals surface area contributed by atoms with E-state index in [0.29, 0.717) is 6.54 Å². The minimum absolute atomic E-state index is 0.0136. The van der Waals surface area contributed by atoms with E-state index in [1.165, 1.54) is 11.0 Å². The van der Waals surface area contributed by atoms with Gasteiger partial charge in [-0.2, -0.15) is 0 Å². The predicted molar refractivity (Wildman–Crippen MR) is 137 cm³/mol. The van der Waals surface area contributed by atoms with Gasteiger partial charge in [-0.05, 0) is 83.9 Å². The SMILES string of the molecule is CSc1ccc(/C=C2/C(C)=C(C(C)C(=O)NCCN3CCNCC3)c3cc(F)ccc32)cc1. The minimum atomic E-state index is -0.363. The van der Waals surface area contributed by atoms with Gasteiger partial charge in [-0.3, -0.25) is 9.69 Å². The summed E-state index contributed by atoms with van der Waals surface area (Å²) in [6.45, 7) is 9.44. The van der Waals surface area contributed by atoms with Crippen LogP contribution in [0.25, 0.3) is 17.2 Å². The van der Waals surface area contributed by atoms with Crippen LogP contribution < -0.4 is 10.6 Å². The highest BCUT2D eigenvalue weighted by Gasteiger charge is 2.30. The molecule has 0 bridgehead atoms. The van der Waals surface area contributed by atoms with Crippen molar-refractivity contribution in [3.63, 3.8) is 0 Å². The topological polar surface area (TPSA) is 44.4 Å². The number of hydrogen-bond donors (Lipinski definition) is 2. The number of carbonyl (C=O) groups excluding carboxylic acids is 1. The Morgan fingerprint density at radius 1 is 1.18 bits per heavy atom. The highest BCUT2D eigenvalue weighted by atomic mass is 32.2. The number of nitrogens with zero attached hydrogens (tertiary/aromatic N) is 1. The van der Waals surface area contributed by atoms with Crippen LogP contribution in [-0.4, -0.2) is 56.3 Å². The fraction of sp³-hybridized carbons (Fsp3) is 0.370. The summed E-state index contributed by atoms with van der Waals surface area (Å²) >= 11 is 1.71. The number of nitrogens with one attached hydrogen (secondary N) is 2. The average Bonchev–Trinajstić information content (AvgIpc) is 3.10. The maximum Gasteiger partial charge on any atom is 0.227 e. The van der Waals surface area contributed by atoms with Crippen molar-refractivity contribution in [2.24, 2.45) is 5.92 Å². The zero-order valence-corrected chi connectivity index (χ0v) is 20.4. The molecule has 4 nitrogen and oxygen atoms in total. The number of hydrogen-bond acceptors (Lipinski definition) is 4. The lowest BCUT2D eigenvalue weighted by atomic mass is 9.93. The number of benzene rings is 2. The first-order valence-electron chi connectivity index (χ1n) is 11.6. The van der Waals surface area contributed by atoms with Gasteiger partial charge in [0.15, 0.2) is 0 Å². The molecule has 33 heavy (non-hydrogen) atoms. The third-order valence-electron chi connectivity index (χ3n) is 6.56. The van der Waals surface area contributed by atoms with Crippen molar-refractivity contribution in [1.82, 2.24) is 15.5 Å².